The molecule has 0 aromatic carbocycles. The number of hydrogen-bond donors (Lipinski definition) is 0. The molecule has 1 saturated carbocycles. The van der Waals surface area contributed by atoms with Crippen molar-refractivity contribution in [2.45, 2.75) is 57.9 Å². The summed E-state index contributed by atoms with van der Waals surface area (Å²) in [5.74, 6) is 0.715. The van der Waals surface area contributed by atoms with Crippen LogP contribution in [0.4, 0.5) is 0 Å². The van der Waals surface area contributed by atoms with Gasteiger partial charge in [0, 0.05) is 6.54 Å². The molecular formula is C14H27NO2. The summed E-state index contributed by atoms with van der Waals surface area (Å²) < 4.78 is 4.91. The number of likely N-dealkylation sites (N-methyl/N-ethyl adjacent to an activating group) is 1. The average molecular weight is 241 g/mol. The highest BCUT2D eigenvalue weighted by Gasteiger charge is 2.26. The Kier molecular flexibility index (Phi) is 6.56. The van der Waals surface area contributed by atoms with Crippen LogP contribution < -0.4 is 0 Å². The first-order valence-electron chi connectivity index (χ1n) is 6.97. The number of unbranched alkanes of at least 4 members (excludes halogenated alkanes) is 1. The van der Waals surface area contributed by atoms with Crippen molar-refractivity contribution in [3.05, 3.63) is 0 Å². The Balaban J connectivity index is 2.45. The first-order chi connectivity index (χ1) is 8.19. The molecule has 0 aromatic rings. The molecule has 0 saturated heterocycles. The van der Waals surface area contributed by atoms with Crippen LogP contribution in [0.3, 0.4) is 0 Å². The van der Waals surface area contributed by atoms with Crippen LogP contribution in [-0.4, -0.2) is 37.6 Å². The van der Waals surface area contributed by atoms with Crippen molar-refractivity contribution in [2.24, 2.45) is 5.92 Å². The van der Waals surface area contributed by atoms with Gasteiger partial charge in [0.25, 0.3) is 0 Å². The lowest BCUT2D eigenvalue weighted by atomic mass is 10.0. The van der Waals surface area contributed by atoms with Crippen LogP contribution in [0.25, 0.3) is 0 Å². The molecule has 1 fully saturated rings. The summed E-state index contributed by atoms with van der Waals surface area (Å²) >= 11 is 0. The van der Waals surface area contributed by atoms with Crippen molar-refractivity contribution in [1.82, 2.24) is 4.90 Å². The van der Waals surface area contributed by atoms with E-state index in [-0.39, 0.29) is 12.0 Å². The number of esters is 1. The van der Waals surface area contributed by atoms with Gasteiger partial charge in [-0.1, -0.05) is 32.6 Å². The summed E-state index contributed by atoms with van der Waals surface area (Å²) in [6.07, 6.45) is 8.51. The van der Waals surface area contributed by atoms with Gasteiger partial charge in [0.15, 0.2) is 0 Å². The summed E-state index contributed by atoms with van der Waals surface area (Å²) in [5.41, 5.74) is 0. The molecule has 3 heteroatoms. The van der Waals surface area contributed by atoms with E-state index >= 15 is 0 Å². The number of rotatable bonds is 7. The topological polar surface area (TPSA) is 29.5 Å². The number of methoxy groups -OCH3 is 1. The molecule has 3 nitrogen and oxygen atoms in total. The van der Waals surface area contributed by atoms with E-state index in [4.69, 9.17) is 4.74 Å². The van der Waals surface area contributed by atoms with Crippen molar-refractivity contribution >= 4 is 5.97 Å². The smallest absolute Gasteiger partial charge is 0.323 e. The van der Waals surface area contributed by atoms with Crippen molar-refractivity contribution in [1.29, 1.82) is 0 Å². The third kappa shape index (κ3) is 4.66. The molecule has 0 spiro atoms. The van der Waals surface area contributed by atoms with Crippen molar-refractivity contribution in [3.63, 3.8) is 0 Å². The zero-order valence-corrected chi connectivity index (χ0v) is 11.6. The predicted octanol–water partition coefficient (Wildman–Crippen LogP) is 2.84. The van der Waals surface area contributed by atoms with Crippen LogP contribution in [-0.2, 0) is 9.53 Å². The molecule has 0 bridgehead atoms. The van der Waals surface area contributed by atoms with E-state index in [0.717, 1.165) is 31.7 Å². The van der Waals surface area contributed by atoms with E-state index in [2.05, 4.69) is 18.9 Å². The summed E-state index contributed by atoms with van der Waals surface area (Å²) in [7, 11) is 3.56. The van der Waals surface area contributed by atoms with Gasteiger partial charge in [-0.2, -0.15) is 0 Å². The van der Waals surface area contributed by atoms with Gasteiger partial charge < -0.3 is 4.74 Å². The number of nitrogens with zero attached hydrogens (tertiary/aromatic N) is 1. The highest BCUT2D eigenvalue weighted by molar-refractivity contribution is 5.75. The lowest BCUT2D eigenvalue weighted by molar-refractivity contribution is -0.147. The Bertz CT molecular complexity index is 224. The van der Waals surface area contributed by atoms with Crippen LogP contribution in [0.5, 0.6) is 0 Å². The summed E-state index contributed by atoms with van der Waals surface area (Å²) in [5, 5.41) is 0. The molecule has 1 aliphatic rings. The molecule has 1 atom stereocenters. The normalized spacial score (nSPS) is 18.6. The second kappa shape index (κ2) is 7.70. The highest BCUT2D eigenvalue weighted by atomic mass is 16.5. The number of hydrogen-bond acceptors (Lipinski definition) is 3. The fraction of sp³-hybridized carbons (Fsp3) is 0.929. The van der Waals surface area contributed by atoms with Gasteiger partial charge in [-0.05, 0) is 32.2 Å². The van der Waals surface area contributed by atoms with Gasteiger partial charge in [-0.3, -0.25) is 9.69 Å². The Hall–Kier alpha value is -0.570. The quantitative estimate of drug-likeness (QED) is 0.642. The first-order valence-corrected chi connectivity index (χ1v) is 6.97. The largest absolute Gasteiger partial charge is 0.468 e. The number of carbonyl (C=O) groups excluding carboxylic acids is 1. The standard InChI is InChI=1S/C14H27NO2/c1-4-5-10-13(14(16)17-3)15(2)11-12-8-6-7-9-12/h12-13H,4-11H2,1-3H3. The van der Waals surface area contributed by atoms with Crippen LogP contribution in [0.2, 0.25) is 0 Å². The van der Waals surface area contributed by atoms with Crippen LogP contribution in [0.1, 0.15) is 51.9 Å². The molecule has 0 N–H and O–H groups in total. The van der Waals surface area contributed by atoms with Crippen LogP contribution in [0.15, 0.2) is 0 Å². The van der Waals surface area contributed by atoms with Gasteiger partial charge >= 0.3 is 5.97 Å². The maximum absolute atomic E-state index is 11.8. The minimum absolute atomic E-state index is 0.0412. The molecule has 0 aromatic heterocycles. The van der Waals surface area contributed by atoms with Gasteiger partial charge in [0.2, 0.25) is 0 Å². The van der Waals surface area contributed by atoms with Crippen LogP contribution >= 0.6 is 0 Å². The van der Waals surface area contributed by atoms with Crippen molar-refractivity contribution < 1.29 is 9.53 Å². The maximum Gasteiger partial charge on any atom is 0.323 e. The van der Waals surface area contributed by atoms with Gasteiger partial charge in [0.05, 0.1) is 7.11 Å². The second-order valence-electron chi connectivity index (χ2n) is 5.27. The SMILES string of the molecule is CCCCC(C(=O)OC)N(C)CC1CCCC1. The molecule has 0 radical (unpaired) electrons. The lowest BCUT2D eigenvalue weighted by Gasteiger charge is -2.28. The zero-order chi connectivity index (χ0) is 12.7. The minimum Gasteiger partial charge on any atom is -0.468 e. The minimum atomic E-state index is -0.0704. The van der Waals surface area contributed by atoms with E-state index in [1.54, 1.807) is 0 Å². The summed E-state index contributed by atoms with van der Waals surface area (Å²) in [6.45, 7) is 3.20. The molecule has 0 aliphatic heterocycles. The van der Waals surface area contributed by atoms with Gasteiger partial charge in [-0.15, -0.1) is 0 Å². The maximum atomic E-state index is 11.8. The predicted molar refractivity (Wildman–Crippen MR) is 69.9 cm³/mol. The Labute approximate surface area is 106 Å². The molecule has 0 heterocycles. The molecular weight excluding hydrogens is 214 g/mol. The average Bonchev–Trinajstić information content (AvgIpc) is 2.81. The van der Waals surface area contributed by atoms with Crippen molar-refractivity contribution in [3.8, 4) is 0 Å². The third-order valence-electron chi connectivity index (χ3n) is 3.86. The Morgan fingerprint density at radius 1 is 1.41 bits per heavy atom. The van der Waals surface area contributed by atoms with Crippen LogP contribution in [0, 0.1) is 5.92 Å². The van der Waals surface area contributed by atoms with E-state index < -0.39 is 0 Å². The Morgan fingerprint density at radius 3 is 2.59 bits per heavy atom. The third-order valence-corrected chi connectivity index (χ3v) is 3.86. The van der Waals surface area contributed by atoms with E-state index in [0.29, 0.717) is 0 Å². The number of carbonyl (C=O) groups is 1. The first kappa shape index (κ1) is 14.5. The second-order valence-corrected chi connectivity index (χ2v) is 5.27. The van der Waals surface area contributed by atoms with E-state index in [1.807, 2.05) is 0 Å². The molecule has 1 rings (SSSR count). The highest BCUT2D eigenvalue weighted by Crippen LogP contribution is 2.26. The molecule has 1 unspecified atom stereocenters. The molecule has 17 heavy (non-hydrogen) atoms. The fourth-order valence-corrected chi connectivity index (χ4v) is 2.78. The van der Waals surface area contributed by atoms with Gasteiger partial charge in [-0.25, -0.2) is 0 Å². The zero-order valence-electron chi connectivity index (χ0n) is 11.6. The monoisotopic (exact) mass is 241 g/mol. The lowest BCUT2D eigenvalue weighted by Crippen LogP contribution is -2.41. The Morgan fingerprint density at radius 2 is 2.06 bits per heavy atom. The molecule has 100 valence electrons. The summed E-state index contributed by atoms with van der Waals surface area (Å²) in [6, 6.07) is -0.0412. The molecule has 1 aliphatic carbocycles. The fourth-order valence-electron chi connectivity index (χ4n) is 2.78. The van der Waals surface area contributed by atoms with Crippen molar-refractivity contribution in [2.75, 3.05) is 20.7 Å². The molecule has 0 amide bonds. The summed E-state index contributed by atoms with van der Waals surface area (Å²) in [4.78, 5) is 14.0. The van der Waals surface area contributed by atoms with E-state index in [9.17, 15) is 4.79 Å². The van der Waals surface area contributed by atoms with E-state index in [1.165, 1.54) is 32.8 Å². The number of ether oxygens (including phenoxy) is 1. The van der Waals surface area contributed by atoms with Gasteiger partial charge in [0.1, 0.15) is 6.04 Å².